The number of Topliss-reactive ketones (excluding diaryl/α,β-unsaturated/α-hetero) is 1. The summed E-state index contributed by atoms with van der Waals surface area (Å²) in [4.78, 5) is 30.0. The van der Waals surface area contributed by atoms with Crippen molar-refractivity contribution in [2.45, 2.75) is 77.4 Å². The molecule has 1 aromatic heterocycles. The highest BCUT2D eigenvalue weighted by atomic mass is 32.2. The lowest BCUT2D eigenvalue weighted by molar-refractivity contribution is -0.181. The van der Waals surface area contributed by atoms with Gasteiger partial charge in [-0.25, -0.2) is 0 Å². The maximum absolute atomic E-state index is 13.5. The van der Waals surface area contributed by atoms with Gasteiger partial charge in [-0.3, -0.25) is 14.6 Å². The van der Waals surface area contributed by atoms with Gasteiger partial charge in [0.15, 0.2) is 11.6 Å². The number of pyridine rings is 1. The summed E-state index contributed by atoms with van der Waals surface area (Å²) >= 11 is 1.57. The molecule has 1 heterocycles. The maximum atomic E-state index is 13.5. The van der Waals surface area contributed by atoms with Crippen LogP contribution in [0.15, 0.2) is 36.0 Å². The van der Waals surface area contributed by atoms with Gasteiger partial charge in [-0.2, -0.15) is 11.8 Å². The second kappa shape index (κ2) is 9.11. The number of thioether (sulfide) groups is 1. The van der Waals surface area contributed by atoms with E-state index in [1.54, 1.807) is 18.0 Å². The molecule has 4 aliphatic rings. The van der Waals surface area contributed by atoms with Crippen LogP contribution in [0.3, 0.4) is 0 Å². The molecule has 2 N–H and O–H groups in total. The zero-order chi connectivity index (χ0) is 25.0. The van der Waals surface area contributed by atoms with Crippen LogP contribution in [0.2, 0.25) is 0 Å². The minimum Gasteiger partial charge on any atom is -0.393 e. The second-order valence-electron chi connectivity index (χ2n) is 12.1. The monoisotopic (exact) mass is 497 g/mol. The Kier molecular flexibility index (Phi) is 6.55. The molecule has 6 heteroatoms. The first-order valence-corrected chi connectivity index (χ1v) is 14.4. The molecule has 3 fully saturated rings. The predicted molar refractivity (Wildman–Crippen MR) is 138 cm³/mol. The zero-order valence-electron chi connectivity index (χ0n) is 21.2. The van der Waals surface area contributed by atoms with E-state index in [0.29, 0.717) is 25.0 Å². The number of carbonyl (C=O) groups excluding carboxylic acids is 2. The normalized spacial score (nSPS) is 42.6. The molecule has 0 aromatic carbocycles. The Morgan fingerprint density at radius 2 is 2.06 bits per heavy atom. The highest BCUT2D eigenvalue weighted by Gasteiger charge is 2.68. The van der Waals surface area contributed by atoms with Crippen molar-refractivity contribution in [2.75, 3.05) is 11.5 Å². The fourth-order valence-corrected chi connectivity index (χ4v) is 9.51. The van der Waals surface area contributed by atoms with E-state index in [4.69, 9.17) is 0 Å². The Bertz CT molecular complexity index is 1030. The predicted octanol–water partition coefficient (Wildman–Crippen LogP) is 4.41. The Morgan fingerprint density at radius 3 is 2.80 bits per heavy atom. The minimum atomic E-state index is -1.38. The average Bonchev–Trinajstić information content (AvgIpc) is 3.09. The minimum absolute atomic E-state index is 0.0846. The molecule has 1 aromatic rings. The number of allylic oxidation sites excluding steroid dienone is 1. The molecule has 5 nitrogen and oxygen atoms in total. The van der Waals surface area contributed by atoms with Gasteiger partial charge < -0.3 is 10.2 Å². The van der Waals surface area contributed by atoms with Crippen LogP contribution in [0.25, 0.3) is 0 Å². The van der Waals surface area contributed by atoms with Crippen molar-refractivity contribution in [1.29, 1.82) is 0 Å². The van der Waals surface area contributed by atoms with E-state index < -0.39 is 17.1 Å². The molecule has 190 valence electrons. The van der Waals surface area contributed by atoms with E-state index in [0.717, 1.165) is 37.1 Å². The molecule has 8 atom stereocenters. The summed E-state index contributed by atoms with van der Waals surface area (Å²) in [5.74, 6) is 2.04. The third kappa shape index (κ3) is 3.95. The van der Waals surface area contributed by atoms with Crippen LogP contribution in [0, 0.1) is 34.5 Å². The Balaban J connectivity index is 1.33. The first-order chi connectivity index (χ1) is 16.6. The number of carbonyl (C=O) groups is 2. The summed E-state index contributed by atoms with van der Waals surface area (Å²) < 4.78 is 0. The quantitative estimate of drug-likeness (QED) is 0.566. The van der Waals surface area contributed by atoms with Gasteiger partial charge in [0, 0.05) is 23.7 Å². The largest absolute Gasteiger partial charge is 0.393 e. The molecule has 5 rings (SSSR count). The summed E-state index contributed by atoms with van der Waals surface area (Å²) in [6, 6.07) is 5.86. The van der Waals surface area contributed by atoms with E-state index in [9.17, 15) is 19.8 Å². The summed E-state index contributed by atoms with van der Waals surface area (Å²) in [7, 11) is 0. The SMILES string of the molecule is C[C@H]1CC2C([C@@H](O)CC3(C)C2CC[C@]3(O)C(=O)CSCCc2ccccn2)C2(C)CCC(=O)C=C12. The molecule has 35 heavy (non-hydrogen) atoms. The van der Waals surface area contributed by atoms with Crippen LogP contribution < -0.4 is 0 Å². The molecule has 5 unspecified atom stereocenters. The summed E-state index contributed by atoms with van der Waals surface area (Å²) in [6.07, 6.45) is 7.88. The van der Waals surface area contributed by atoms with E-state index in [1.807, 2.05) is 24.3 Å². The molecule has 4 aliphatic carbocycles. The fraction of sp³-hybridized carbons (Fsp3) is 0.690. The van der Waals surface area contributed by atoms with Crippen molar-refractivity contribution < 1.29 is 19.8 Å². The van der Waals surface area contributed by atoms with Crippen molar-refractivity contribution in [3.63, 3.8) is 0 Å². The lowest BCUT2D eigenvalue weighted by Gasteiger charge is -2.61. The number of hydrogen-bond acceptors (Lipinski definition) is 6. The topological polar surface area (TPSA) is 87.5 Å². The van der Waals surface area contributed by atoms with Gasteiger partial charge in [0.25, 0.3) is 0 Å². The van der Waals surface area contributed by atoms with E-state index in [1.165, 1.54) is 5.57 Å². The van der Waals surface area contributed by atoms with Crippen LogP contribution in [0.1, 0.15) is 65.0 Å². The Labute approximate surface area is 213 Å². The number of aromatic nitrogens is 1. The van der Waals surface area contributed by atoms with Gasteiger partial charge >= 0.3 is 0 Å². The standard InChI is InChI=1S/C29H39NO4S/c1-18-14-21-22-8-11-29(34,25(33)17-35-13-9-19-6-4-5-12-30-19)28(22,3)16-24(32)26(21)27(2)10-7-20(31)15-23(18)27/h4-6,12,15,18,21-22,24,26,32,34H,7-11,13-14,16-17H2,1-3H3/t18-,21?,22?,24-,26?,27?,28?,29-/m0/s1. The molecule has 3 saturated carbocycles. The molecule has 0 bridgehead atoms. The molecular formula is C29H39NO4S. The van der Waals surface area contributed by atoms with Crippen molar-refractivity contribution in [2.24, 2.45) is 34.5 Å². The maximum Gasteiger partial charge on any atom is 0.174 e. The van der Waals surface area contributed by atoms with Crippen LogP contribution >= 0.6 is 11.8 Å². The van der Waals surface area contributed by atoms with E-state index >= 15 is 0 Å². The number of nitrogens with zero attached hydrogens (tertiary/aromatic N) is 1. The van der Waals surface area contributed by atoms with Gasteiger partial charge in [0.05, 0.1) is 11.9 Å². The summed E-state index contributed by atoms with van der Waals surface area (Å²) in [6.45, 7) is 6.51. The van der Waals surface area contributed by atoms with Crippen LogP contribution in [-0.4, -0.2) is 50.0 Å². The zero-order valence-corrected chi connectivity index (χ0v) is 22.0. The Morgan fingerprint density at radius 1 is 1.26 bits per heavy atom. The number of hydrogen-bond donors (Lipinski definition) is 2. The first kappa shape index (κ1) is 25.2. The van der Waals surface area contributed by atoms with Crippen molar-refractivity contribution in [3.8, 4) is 0 Å². The molecule has 0 amide bonds. The van der Waals surface area contributed by atoms with Crippen LogP contribution in [0.4, 0.5) is 0 Å². The van der Waals surface area contributed by atoms with Crippen molar-refractivity contribution in [1.82, 2.24) is 4.98 Å². The third-order valence-corrected chi connectivity index (χ3v) is 11.2. The number of aliphatic hydroxyl groups excluding tert-OH is 1. The van der Waals surface area contributed by atoms with Crippen molar-refractivity contribution in [3.05, 3.63) is 41.7 Å². The lowest BCUT2D eigenvalue weighted by Crippen LogP contribution is -2.62. The third-order valence-electron chi connectivity index (χ3n) is 10.3. The van der Waals surface area contributed by atoms with E-state index in [2.05, 4.69) is 25.8 Å². The smallest absolute Gasteiger partial charge is 0.174 e. The molecular weight excluding hydrogens is 458 g/mol. The molecule has 0 saturated heterocycles. The number of aryl methyl sites for hydroxylation is 1. The van der Waals surface area contributed by atoms with Crippen LogP contribution in [-0.2, 0) is 16.0 Å². The number of fused-ring (bicyclic) bond motifs is 5. The summed E-state index contributed by atoms with van der Waals surface area (Å²) in [5.41, 5.74) is 0.0473. The Hall–Kier alpha value is -1.50. The van der Waals surface area contributed by atoms with Gasteiger partial charge in [-0.1, -0.05) is 32.4 Å². The molecule has 0 aliphatic heterocycles. The van der Waals surface area contributed by atoms with Gasteiger partial charge in [0.1, 0.15) is 5.60 Å². The number of aliphatic hydroxyl groups is 2. The lowest BCUT2D eigenvalue weighted by atomic mass is 9.44. The fourth-order valence-electron chi connectivity index (χ4n) is 8.59. The van der Waals surface area contributed by atoms with E-state index in [-0.39, 0.29) is 40.7 Å². The number of ketones is 2. The first-order valence-electron chi connectivity index (χ1n) is 13.3. The second-order valence-corrected chi connectivity index (χ2v) is 13.2. The molecule has 0 spiro atoms. The highest BCUT2D eigenvalue weighted by Crippen LogP contribution is 2.68. The van der Waals surface area contributed by atoms with Crippen molar-refractivity contribution >= 4 is 23.3 Å². The van der Waals surface area contributed by atoms with Gasteiger partial charge in [-0.05, 0) is 91.6 Å². The average molecular weight is 498 g/mol. The van der Waals surface area contributed by atoms with Gasteiger partial charge in [0.2, 0.25) is 0 Å². The summed E-state index contributed by atoms with van der Waals surface area (Å²) in [5, 5.41) is 23.5. The number of rotatable bonds is 6. The van der Waals surface area contributed by atoms with Crippen LogP contribution in [0.5, 0.6) is 0 Å². The molecule has 0 radical (unpaired) electrons. The highest BCUT2D eigenvalue weighted by molar-refractivity contribution is 7.99. The van der Waals surface area contributed by atoms with Gasteiger partial charge in [-0.15, -0.1) is 0 Å².